The zero-order valence-corrected chi connectivity index (χ0v) is 13.1. The quantitative estimate of drug-likeness (QED) is 0.618. The van der Waals surface area contributed by atoms with Crippen molar-refractivity contribution in [2.45, 2.75) is 9.92 Å². The Morgan fingerprint density at radius 3 is 2.56 bits per heavy atom. The molecule has 18 heavy (non-hydrogen) atoms. The van der Waals surface area contributed by atoms with Crippen LogP contribution in [0.25, 0.3) is 0 Å². The van der Waals surface area contributed by atoms with E-state index in [1.165, 1.54) is 0 Å². The number of aromatic nitrogens is 1. The first kappa shape index (κ1) is 13.6. The fourth-order valence-electron chi connectivity index (χ4n) is 1.29. The first-order valence-electron chi connectivity index (χ1n) is 4.99. The van der Waals surface area contributed by atoms with E-state index >= 15 is 0 Å². The largest absolute Gasteiger partial charge is 0.384 e. The molecule has 1 aromatic heterocycles. The molecule has 6 heteroatoms. The summed E-state index contributed by atoms with van der Waals surface area (Å²) in [4.78, 5) is 5.34. The summed E-state index contributed by atoms with van der Waals surface area (Å²) in [5.41, 5.74) is 6.14. The minimum atomic E-state index is 0.0639. The zero-order valence-electron chi connectivity index (χ0n) is 9.15. The van der Waals surface area contributed by atoms with Crippen LogP contribution in [0.5, 0.6) is 0 Å². The highest BCUT2D eigenvalue weighted by atomic mass is 79.9. The van der Waals surface area contributed by atoms with Gasteiger partial charge in [0.1, 0.15) is 10.9 Å². The highest BCUT2D eigenvalue weighted by Crippen LogP contribution is 2.33. The summed E-state index contributed by atoms with van der Waals surface area (Å²) < 4.78 is 1.86. The van der Waals surface area contributed by atoms with E-state index in [2.05, 4.69) is 36.8 Å². The van der Waals surface area contributed by atoms with Crippen LogP contribution in [0.4, 0.5) is 0 Å². The van der Waals surface area contributed by atoms with Gasteiger partial charge in [-0.1, -0.05) is 17.8 Å². The van der Waals surface area contributed by atoms with Crippen LogP contribution in [-0.2, 0) is 0 Å². The van der Waals surface area contributed by atoms with Crippen molar-refractivity contribution in [1.29, 1.82) is 5.41 Å². The Hall–Kier alpha value is -0.850. The number of amidine groups is 1. The van der Waals surface area contributed by atoms with Crippen molar-refractivity contribution in [2.75, 3.05) is 0 Å². The third-order valence-corrected chi connectivity index (χ3v) is 4.57. The van der Waals surface area contributed by atoms with Gasteiger partial charge in [0, 0.05) is 25.6 Å². The summed E-state index contributed by atoms with van der Waals surface area (Å²) in [6.45, 7) is 0. The second kappa shape index (κ2) is 5.86. The van der Waals surface area contributed by atoms with Gasteiger partial charge in [-0.2, -0.15) is 0 Å². The number of hydrogen-bond acceptors (Lipinski definition) is 3. The van der Waals surface area contributed by atoms with Gasteiger partial charge in [0.05, 0.1) is 0 Å². The second-order valence-electron chi connectivity index (χ2n) is 3.48. The number of pyridine rings is 1. The molecule has 1 heterocycles. The zero-order chi connectivity index (χ0) is 13.1. The van der Waals surface area contributed by atoms with E-state index in [-0.39, 0.29) is 5.84 Å². The fourth-order valence-corrected chi connectivity index (χ4v) is 2.90. The molecule has 0 saturated carbocycles. The van der Waals surface area contributed by atoms with Crippen LogP contribution in [0.2, 0.25) is 0 Å². The monoisotopic (exact) mass is 385 g/mol. The Bertz CT molecular complexity index is 584. The lowest BCUT2D eigenvalue weighted by atomic mass is 10.2. The number of halogens is 2. The molecule has 0 aliphatic carbocycles. The summed E-state index contributed by atoms with van der Waals surface area (Å²) in [6, 6.07) is 9.49. The SMILES string of the molecule is N=C(N)c1ccc(Sc2ccc(Br)cn2)c(Br)c1. The molecule has 0 aliphatic heterocycles. The Morgan fingerprint density at radius 2 is 2.00 bits per heavy atom. The molecule has 2 aromatic rings. The van der Waals surface area contributed by atoms with Crippen LogP contribution in [0.1, 0.15) is 5.56 Å². The van der Waals surface area contributed by atoms with Crippen LogP contribution in [0, 0.1) is 5.41 Å². The highest BCUT2D eigenvalue weighted by molar-refractivity contribution is 9.10. The first-order chi connectivity index (χ1) is 8.56. The van der Waals surface area contributed by atoms with Gasteiger partial charge in [0.2, 0.25) is 0 Å². The molecular weight excluding hydrogens is 378 g/mol. The predicted octanol–water partition coefficient (Wildman–Crippen LogP) is 4.04. The number of nitrogens with two attached hydrogens (primary N) is 1. The topological polar surface area (TPSA) is 62.8 Å². The van der Waals surface area contributed by atoms with Crippen molar-refractivity contribution < 1.29 is 0 Å². The Morgan fingerprint density at radius 1 is 1.22 bits per heavy atom. The van der Waals surface area contributed by atoms with Crippen LogP contribution >= 0.6 is 43.6 Å². The van der Waals surface area contributed by atoms with Crippen molar-refractivity contribution in [3.8, 4) is 0 Å². The highest BCUT2D eigenvalue weighted by Gasteiger charge is 2.06. The number of nitrogen functional groups attached to an aromatic ring is 1. The van der Waals surface area contributed by atoms with Crippen molar-refractivity contribution >= 4 is 49.5 Å². The third-order valence-electron chi connectivity index (χ3n) is 2.16. The molecule has 0 amide bonds. The maximum Gasteiger partial charge on any atom is 0.122 e. The molecule has 0 unspecified atom stereocenters. The molecule has 2 rings (SSSR count). The van der Waals surface area contributed by atoms with E-state index in [4.69, 9.17) is 11.1 Å². The van der Waals surface area contributed by atoms with Crippen LogP contribution in [0.15, 0.2) is 55.4 Å². The lowest BCUT2D eigenvalue weighted by Crippen LogP contribution is -2.10. The second-order valence-corrected chi connectivity index (χ2v) is 6.31. The van der Waals surface area contributed by atoms with Gasteiger partial charge in [0.25, 0.3) is 0 Å². The predicted molar refractivity (Wildman–Crippen MR) is 81.2 cm³/mol. The van der Waals surface area contributed by atoms with Crippen molar-refractivity contribution in [3.63, 3.8) is 0 Å². The van der Waals surface area contributed by atoms with Crippen molar-refractivity contribution in [2.24, 2.45) is 5.73 Å². The summed E-state index contributed by atoms with van der Waals surface area (Å²) >= 11 is 8.38. The summed E-state index contributed by atoms with van der Waals surface area (Å²) in [5.74, 6) is 0.0639. The maximum absolute atomic E-state index is 7.38. The maximum atomic E-state index is 7.38. The lowest BCUT2D eigenvalue weighted by molar-refractivity contribution is 1.12. The molecule has 1 aromatic carbocycles. The minimum Gasteiger partial charge on any atom is -0.384 e. The lowest BCUT2D eigenvalue weighted by Gasteiger charge is -2.06. The number of rotatable bonds is 3. The van der Waals surface area contributed by atoms with Gasteiger partial charge in [-0.05, 0) is 56.1 Å². The van der Waals surface area contributed by atoms with Crippen molar-refractivity contribution in [1.82, 2.24) is 4.98 Å². The molecule has 0 fully saturated rings. The molecule has 3 nitrogen and oxygen atoms in total. The molecule has 0 aliphatic rings. The molecule has 3 N–H and O–H groups in total. The van der Waals surface area contributed by atoms with E-state index in [9.17, 15) is 0 Å². The average molecular weight is 387 g/mol. The minimum absolute atomic E-state index is 0.0639. The molecule has 0 spiro atoms. The van der Waals surface area contributed by atoms with E-state index in [0.717, 1.165) is 18.9 Å². The van der Waals surface area contributed by atoms with Crippen LogP contribution in [0.3, 0.4) is 0 Å². The number of benzene rings is 1. The summed E-state index contributed by atoms with van der Waals surface area (Å²) in [6.07, 6.45) is 1.76. The van der Waals surface area contributed by atoms with Gasteiger partial charge in [-0.25, -0.2) is 4.98 Å². The summed E-state index contributed by atoms with van der Waals surface area (Å²) in [5, 5.41) is 8.29. The Balaban J connectivity index is 2.24. The normalized spacial score (nSPS) is 10.3. The smallest absolute Gasteiger partial charge is 0.122 e. The standard InChI is InChI=1S/C12H9Br2N3S/c13-8-2-4-11(17-6-8)18-10-3-1-7(12(15)16)5-9(10)14/h1-6H,(H3,15,16). The molecule has 92 valence electrons. The number of hydrogen-bond donors (Lipinski definition) is 2. The van der Waals surface area contributed by atoms with Gasteiger partial charge >= 0.3 is 0 Å². The van der Waals surface area contributed by atoms with E-state index in [0.29, 0.717) is 5.56 Å². The van der Waals surface area contributed by atoms with Crippen molar-refractivity contribution in [3.05, 3.63) is 51.0 Å². The van der Waals surface area contributed by atoms with Gasteiger partial charge in [0.15, 0.2) is 0 Å². The van der Waals surface area contributed by atoms with E-state index < -0.39 is 0 Å². The molecule has 0 radical (unpaired) electrons. The average Bonchev–Trinajstić information content (AvgIpc) is 2.34. The first-order valence-corrected chi connectivity index (χ1v) is 7.40. The van der Waals surface area contributed by atoms with Gasteiger partial charge in [-0.15, -0.1) is 0 Å². The van der Waals surface area contributed by atoms with Gasteiger partial charge < -0.3 is 5.73 Å². The van der Waals surface area contributed by atoms with Gasteiger partial charge in [-0.3, -0.25) is 5.41 Å². The fraction of sp³-hybridized carbons (Fsp3) is 0. The summed E-state index contributed by atoms with van der Waals surface area (Å²) in [7, 11) is 0. The van der Waals surface area contributed by atoms with Crippen LogP contribution in [-0.4, -0.2) is 10.8 Å². The Labute approximate surface area is 126 Å². The Kier molecular flexibility index (Phi) is 4.42. The van der Waals surface area contributed by atoms with E-state index in [1.54, 1.807) is 18.0 Å². The third kappa shape index (κ3) is 3.34. The molecular formula is C12H9Br2N3S. The number of nitrogens with one attached hydrogen (secondary N) is 1. The molecule has 0 bridgehead atoms. The van der Waals surface area contributed by atoms with Crippen LogP contribution < -0.4 is 5.73 Å². The van der Waals surface area contributed by atoms with E-state index in [1.807, 2.05) is 30.3 Å². The number of nitrogens with zero attached hydrogens (tertiary/aromatic N) is 1. The molecule has 0 atom stereocenters. The molecule has 0 saturated heterocycles.